The van der Waals surface area contributed by atoms with Crippen molar-refractivity contribution in [2.24, 2.45) is 0 Å². The maximum Gasteiger partial charge on any atom is 0.246 e. The van der Waals surface area contributed by atoms with E-state index in [1.165, 1.54) is 24.1 Å². The molecule has 10 heteroatoms. The lowest BCUT2D eigenvalue weighted by atomic mass is 10.1. The van der Waals surface area contributed by atoms with E-state index >= 15 is 0 Å². The highest BCUT2D eigenvalue weighted by Gasteiger charge is 2.34. The Kier molecular flexibility index (Phi) is 5.47. The summed E-state index contributed by atoms with van der Waals surface area (Å²) in [5, 5.41) is 4.15. The highest BCUT2D eigenvalue weighted by atomic mass is 32.2. The van der Waals surface area contributed by atoms with Crippen LogP contribution in [0.1, 0.15) is 19.8 Å². The second-order valence-corrected chi connectivity index (χ2v) is 7.82. The molecule has 8 nitrogen and oxygen atoms in total. The summed E-state index contributed by atoms with van der Waals surface area (Å²) in [4.78, 5) is 14.1. The molecule has 0 aliphatic carbocycles. The van der Waals surface area contributed by atoms with E-state index in [2.05, 4.69) is 9.82 Å². The fourth-order valence-electron chi connectivity index (χ4n) is 3.08. The number of nitrogens with zero attached hydrogens (tertiary/aromatic N) is 3. The summed E-state index contributed by atoms with van der Waals surface area (Å²) in [6.07, 6.45) is 2.60. The van der Waals surface area contributed by atoms with Crippen LogP contribution in [0, 0.1) is 5.82 Å². The number of sulfonamides is 1. The average molecular weight is 396 g/mol. The molecular weight excluding hydrogens is 375 g/mol. The lowest BCUT2D eigenvalue weighted by Gasteiger charge is -2.32. The van der Waals surface area contributed by atoms with Crippen LogP contribution >= 0.6 is 0 Å². The van der Waals surface area contributed by atoms with Crippen molar-refractivity contribution in [2.45, 2.75) is 37.2 Å². The summed E-state index contributed by atoms with van der Waals surface area (Å²) < 4.78 is 48.0. The number of rotatable bonds is 6. The van der Waals surface area contributed by atoms with Crippen LogP contribution in [0.2, 0.25) is 0 Å². The minimum atomic E-state index is -4.06. The minimum Gasteiger partial charge on any atom is -0.494 e. The molecule has 2 aromatic rings. The maximum atomic E-state index is 13.9. The van der Waals surface area contributed by atoms with Gasteiger partial charge in [-0.05, 0) is 38.0 Å². The quantitative estimate of drug-likeness (QED) is 0.799. The van der Waals surface area contributed by atoms with Gasteiger partial charge in [0.2, 0.25) is 15.9 Å². The molecule has 0 bridgehead atoms. The molecule has 1 aromatic carbocycles. The fourth-order valence-corrected chi connectivity index (χ4v) is 4.32. The van der Waals surface area contributed by atoms with Gasteiger partial charge in [-0.3, -0.25) is 9.69 Å². The average Bonchev–Trinajstić information content (AvgIpc) is 3.11. The van der Waals surface area contributed by atoms with Gasteiger partial charge in [0.15, 0.2) is 11.6 Å². The summed E-state index contributed by atoms with van der Waals surface area (Å²) in [7, 11) is -2.77. The van der Waals surface area contributed by atoms with Gasteiger partial charge in [0.25, 0.3) is 0 Å². The van der Waals surface area contributed by atoms with Crippen LogP contribution in [0.15, 0.2) is 35.4 Å². The van der Waals surface area contributed by atoms with Gasteiger partial charge in [0, 0.05) is 19.2 Å². The predicted molar refractivity (Wildman–Crippen MR) is 96.5 cm³/mol. The number of nitrogens with one attached hydrogen (secondary N) is 1. The first-order chi connectivity index (χ1) is 12.9. The smallest absolute Gasteiger partial charge is 0.246 e. The van der Waals surface area contributed by atoms with Gasteiger partial charge >= 0.3 is 0 Å². The molecule has 0 unspecified atom stereocenters. The second kappa shape index (κ2) is 7.65. The van der Waals surface area contributed by atoms with Crippen molar-refractivity contribution in [2.75, 3.05) is 18.6 Å². The first-order valence-corrected chi connectivity index (χ1v) is 10.0. The molecule has 1 aliphatic heterocycles. The van der Waals surface area contributed by atoms with Crippen molar-refractivity contribution in [1.29, 1.82) is 0 Å². The third-order valence-electron chi connectivity index (χ3n) is 4.44. The molecule has 2 heterocycles. The Morgan fingerprint density at radius 1 is 1.37 bits per heavy atom. The molecule has 3 rings (SSSR count). The molecular formula is C17H21FN4O4S. The summed E-state index contributed by atoms with van der Waals surface area (Å²) in [6.45, 7) is 2.98. The Labute approximate surface area is 157 Å². The van der Waals surface area contributed by atoms with Crippen molar-refractivity contribution < 1.29 is 22.3 Å². The van der Waals surface area contributed by atoms with Gasteiger partial charge in [-0.2, -0.15) is 9.82 Å². The largest absolute Gasteiger partial charge is 0.494 e. The predicted octanol–water partition coefficient (Wildman–Crippen LogP) is 1.52. The third kappa shape index (κ3) is 3.81. The molecule has 1 saturated heterocycles. The molecule has 0 saturated carbocycles. The number of aryl methyl sites for hydroxylation is 1. The zero-order valence-electron chi connectivity index (χ0n) is 15.1. The number of carbonyl (C=O) groups excluding carboxylic acids is 1. The van der Waals surface area contributed by atoms with Crippen LogP contribution in [0.3, 0.4) is 0 Å². The van der Waals surface area contributed by atoms with Crippen LogP contribution < -0.4 is 14.4 Å². The number of amides is 1. The fraction of sp³-hybridized carbons (Fsp3) is 0.412. The third-order valence-corrected chi connectivity index (χ3v) is 5.91. The standard InChI is InChI=1S/C17H21FN4O4S/c1-3-22-16(8-9-19-22)21-10-4-5-14(17(21)23)20-27(24,25)12-6-7-15(26-2)13(18)11-12/h6-9,11,14,20H,3-5,10H2,1-2H3/t14-/m0/s1. The number of hydrogen-bond acceptors (Lipinski definition) is 5. The monoisotopic (exact) mass is 396 g/mol. The molecule has 27 heavy (non-hydrogen) atoms. The first kappa shape index (κ1) is 19.3. The molecule has 1 aromatic heterocycles. The summed E-state index contributed by atoms with van der Waals surface area (Å²) in [6, 6.07) is 4.14. The number of carbonyl (C=O) groups is 1. The summed E-state index contributed by atoms with van der Waals surface area (Å²) in [5.74, 6) is -0.568. The van der Waals surface area contributed by atoms with Gasteiger partial charge in [-0.1, -0.05) is 0 Å². The van der Waals surface area contributed by atoms with Crippen molar-refractivity contribution in [1.82, 2.24) is 14.5 Å². The van der Waals surface area contributed by atoms with E-state index in [0.717, 1.165) is 6.07 Å². The van der Waals surface area contributed by atoms with Crippen LogP contribution in [-0.4, -0.2) is 43.8 Å². The SMILES string of the molecule is CCn1nccc1N1CCC[C@H](NS(=O)(=O)c2ccc(OC)c(F)c2)C1=O. The number of ether oxygens (including phenoxy) is 1. The zero-order chi connectivity index (χ0) is 19.6. The highest BCUT2D eigenvalue weighted by Crippen LogP contribution is 2.24. The number of hydrogen-bond donors (Lipinski definition) is 1. The van der Waals surface area contributed by atoms with E-state index in [-0.39, 0.29) is 16.6 Å². The summed E-state index contributed by atoms with van der Waals surface area (Å²) in [5.41, 5.74) is 0. The van der Waals surface area contributed by atoms with Crippen LogP contribution in [0.25, 0.3) is 0 Å². The zero-order valence-corrected chi connectivity index (χ0v) is 15.9. The van der Waals surface area contributed by atoms with E-state index in [4.69, 9.17) is 4.74 Å². The Bertz CT molecular complexity index is 944. The molecule has 0 spiro atoms. The Morgan fingerprint density at radius 2 is 2.15 bits per heavy atom. The van der Waals surface area contributed by atoms with E-state index in [1.807, 2.05) is 6.92 Å². The molecule has 146 valence electrons. The maximum absolute atomic E-state index is 13.9. The van der Waals surface area contributed by atoms with E-state index in [9.17, 15) is 17.6 Å². The molecule has 1 N–H and O–H groups in total. The Balaban J connectivity index is 1.82. The molecule has 1 fully saturated rings. The van der Waals surface area contributed by atoms with Gasteiger partial charge in [-0.25, -0.2) is 17.5 Å². The minimum absolute atomic E-state index is 0.0540. The van der Waals surface area contributed by atoms with Crippen LogP contribution in [0.5, 0.6) is 5.75 Å². The number of anilines is 1. The Hall–Kier alpha value is -2.46. The summed E-state index contributed by atoms with van der Waals surface area (Å²) >= 11 is 0. The van der Waals surface area contributed by atoms with E-state index < -0.39 is 21.9 Å². The van der Waals surface area contributed by atoms with Crippen molar-refractivity contribution >= 4 is 21.7 Å². The first-order valence-electron chi connectivity index (χ1n) is 8.56. The molecule has 1 amide bonds. The lowest BCUT2D eigenvalue weighted by molar-refractivity contribution is -0.121. The van der Waals surface area contributed by atoms with Crippen LogP contribution in [0.4, 0.5) is 10.2 Å². The second-order valence-electron chi connectivity index (χ2n) is 6.11. The number of piperidine rings is 1. The van der Waals surface area contributed by atoms with Gasteiger partial charge < -0.3 is 4.74 Å². The highest BCUT2D eigenvalue weighted by molar-refractivity contribution is 7.89. The molecule has 1 atom stereocenters. The number of halogens is 1. The molecule has 1 aliphatic rings. The van der Waals surface area contributed by atoms with Crippen molar-refractivity contribution in [3.05, 3.63) is 36.3 Å². The van der Waals surface area contributed by atoms with Gasteiger partial charge in [0.05, 0.1) is 18.2 Å². The van der Waals surface area contributed by atoms with E-state index in [0.29, 0.717) is 31.7 Å². The number of methoxy groups -OCH3 is 1. The lowest BCUT2D eigenvalue weighted by Crippen LogP contribution is -2.52. The van der Waals surface area contributed by atoms with Crippen molar-refractivity contribution in [3.63, 3.8) is 0 Å². The van der Waals surface area contributed by atoms with Gasteiger partial charge in [0.1, 0.15) is 11.9 Å². The Morgan fingerprint density at radius 3 is 2.81 bits per heavy atom. The van der Waals surface area contributed by atoms with E-state index in [1.54, 1.807) is 16.9 Å². The topological polar surface area (TPSA) is 93.5 Å². The molecule has 0 radical (unpaired) electrons. The van der Waals surface area contributed by atoms with Gasteiger partial charge in [-0.15, -0.1) is 0 Å². The normalized spacial score (nSPS) is 18.0. The van der Waals surface area contributed by atoms with Crippen molar-refractivity contribution in [3.8, 4) is 5.75 Å². The van der Waals surface area contributed by atoms with Crippen LogP contribution in [-0.2, 0) is 21.4 Å². The number of benzene rings is 1. The number of aromatic nitrogens is 2.